The first kappa shape index (κ1) is 30.6. The maximum absolute atomic E-state index is 14.1. The van der Waals surface area contributed by atoms with Crippen molar-refractivity contribution in [1.29, 1.82) is 0 Å². The second-order valence-corrected chi connectivity index (χ2v) is 12.6. The van der Waals surface area contributed by atoms with Gasteiger partial charge in [0.2, 0.25) is 5.91 Å². The number of carbonyl (C=O) groups is 5. The van der Waals surface area contributed by atoms with Gasteiger partial charge in [-0.05, 0) is 70.0 Å². The van der Waals surface area contributed by atoms with Gasteiger partial charge in [-0.2, -0.15) is 0 Å². The summed E-state index contributed by atoms with van der Waals surface area (Å²) in [5.74, 6) is -10.5. The third-order valence-corrected chi connectivity index (χ3v) is 9.56. The SMILES string of the molecule is Cc1cc(CNCc2cc(N(C)C)c3c(c2O)C(=O)C2C(=O)[C@]4(O)C(=O)C(C(N)=O)C(=O)[C@@H](N(C)C)[C@@H]4C[C@@H]2C3)[nH]c1C. The Balaban J connectivity index is 1.55. The topological polar surface area (TPSA) is 186 Å². The smallest absolute Gasteiger partial charge is 0.235 e. The second kappa shape index (κ2) is 10.7. The molecule has 12 nitrogen and oxygen atoms in total. The Labute approximate surface area is 249 Å². The zero-order valence-electron chi connectivity index (χ0n) is 25.3. The number of fused-ring (bicyclic) bond motifs is 3. The molecule has 3 aliphatic rings. The van der Waals surface area contributed by atoms with Gasteiger partial charge in [0.25, 0.3) is 0 Å². The molecular weight excluding hydrogens is 554 g/mol. The number of aliphatic hydroxyl groups is 1. The number of primary amides is 1. The molecule has 1 aromatic heterocycles. The van der Waals surface area contributed by atoms with Crippen LogP contribution in [0.4, 0.5) is 5.69 Å². The minimum Gasteiger partial charge on any atom is -0.507 e. The predicted octanol–water partition coefficient (Wildman–Crippen LogP) is 0.168. The monoisotopic (exact) mass is 593 g/mol. The van der Waals surface area contributed by atoms with E-state index < -0.39 is 64.4 Å². The zero-order valence-corrected chi connectivity index (χ0v) is 25.3. The molecular formula is C31H39N5O7. The maximum atomic E-state index is 14.1. The number of carbonyl (C=O) groups excluding carboxylic acids is 5. The Hall–Kier alpha value is -3.87. The zero-order chi connectivity index (χ0) is 31.7. The Morgan fingerprint density at radius 3 is 2.33 bits per heavy atom. The number of nitrogens with zero attached hydrogens (tertiary/aromatic N) is 2. The van der Waals surface area contributed by atoms with Crippen molar-refractivity contribution >= 4 is 34.7 Å². The first-order valence-electron chi connectivity index (χ1n) is 14.4. The Morgan fingerprint density at radius 2 is 1.77 bits per heavy atom. The van der Waals surface area contributed by atoms with Gasteiger partial charge in [-0.25, -0.2) is 0 Å². The number of hydrogen-bond donors (Lipinski definition) is 5. The van der Waals surface area contributed by atoms with Crippen LogP contribution in [0.15, 0.2) is 12.1 Å². The van der Waals surface area contributed by atoms with Crippen LogP contribution in [0.1, 0.15) is 44.9 Å². The van der Waals surface area contributed by atoms with Crippen molar-refractivity contribution in [3.63, 3.8) is 0 Å². The molecule has 1 aromatic carbocycles. The van der Waals surface area contributed by atoms with E-state index >= 15 is 0 Å². The van der Waals surface area contributed by atoms with Crippen molar-refractivity contribution < 1.29 is 34.2 Å². The van der Waals surface area contributed by atoms with Crippen LogP contribution in [0.3, 0.4) is 0 Å². The number of benzene rings is 1. The Morgan fingerprint density at radius 1 is 1.09 bits per heavy atom. The third-order valence-electron chi connectivity index (χ3n) is 9.56. The summed E-state index contributed by atoms with van der Waals surface area (Å²) in [6.45, 7) is 4.70. The number of phenolic OH excluding ortho intramolecular Hbond substituents is 1. The summed E-state index contributed by atoms with van der Waals surface area (Å²) in [5.41, 5.74) is 7.51. The highest BCUT2D eigenvalue weighted by Crippen LogP contribution is 2.52. The predicted molar refractivity (Wildman–Crippen MR) is 156 cm³/mol. The number of hydrogen-bond acceptors (Lipinski definition) is 10. The minimum absolute atomic E-state index is 0.00974. The third kappa shape index (κ3) is 4.59. The fourth-order valence-electron chi connectivity index (χ4n) is 7.41. The molecule has 5 rings (SSSR count). The van der Waals surface area contributed by atoms with E-state index in [2.05, 4.69) is 10.3 Å². The lowest BCUT2D eigenvalue weighted by Crippen LogP contribution is -2.74. The van der Waals surface area contributed by atoms with Gasteiger partial charge in [0.05, 0.1) is 17.5 Å². The molecule has 43 heavy (non-hydrogen) atoms. The molecule has 230 valence electrons. The largest absolute Gasteiger partial charge is 0.507 e. The van der Waals surface area contributed by atoms with Crippen LogP contribution in [0.5, 0.6) is 5.75 Å². The van der Waals surface area contributed by atoms with Gasteiger partial charge in [-0.3, -0.25) is 28.9 Å². The number of aromatic hydroxyl groups is 1. The summed E-state index contributed by atoms with van der Waals surface area (Å²) in [5, 5.41) is 26.5. The van der Waals surface area contributed by atoms with E-state index in [0.29, 0.717) is 23.4 Å². The van der Waals surface area contributed by atoms with Gasteiger partial charge in [0.1, 0.15) is 5.75 Å². The summed E-state index contributed by atoms with van der Waals surface area (Å²) < 4.78 is 0. The number of H-pyrrole nitrogens is 1. The quantitative estimate of drug-likeness (QED) is 0.277. The molecule has 0 saturated heterocycles. The molecule has 6 atom stereocenters. The first-order chi connectivity index (χ1) is 20.1. The van der Waals surface area contributed by atoms with E-state index in [-0.39, 0.29) is 30.7 Å². The van der Waals surface area contributed by atoms with Crippen LogP contribution in [0.25, 0.3) is 0 Å². The Bertz CT molecular complexity index is 1540. The minimum atomic E-state index is -2.75. The standard InChI is InChI=1S/C31H39N5O7/c1-13-7-17(34-14(13)2)12-33-11-16-10-20(35(3)4)18-8-15-9-19-24(36(5)6)27(39)23(30(32)42)29(41)31(19,43)28(40)21(15)26(38)22(18)25(16)37/h7,10,15,19,21,23-24,33-34,37,43H,8-9,11-12H2,1-6H3,(H2,32,42)/t15-,19-,21?,23?,24-,31-/m0/s1. The lowest BCUT2D eigenvalue weighted by atomic mass is 9.52. The van der Waals surface area contributed by atoms with E-state index in [1.165, 1.54) is 4.90 Å². The normalized spacial score (nSPS) is 28.5. The molecule has 0 spiro atoms. The van der Waals surface area contributed by atoms with Crippen LogP contribution in [0.2, 0.25) is 0 Å². The van der Waals surface area contributed by atoms with E-state index in [0.717, 1.165) is 17.0 Å². The number of aromatic amines is 1. The number of nitrogens with two attached hydrogens (primary N) is 1. The van der Waals surface area contributed by atoms with Gasteiger partial charge < -0.3 is 31.1 Å². The van der Waals surface area contributed by atoms with E-state index in [4.69, 9.17) is 5.73 Å². The van der Waals surface area contributed by atoms with Crippen molar-refractivity contribution in [2.75, 3.05) is 33.1 Å². The Kier molecular flexibility index (Phi) is 7.60. The van der Waals surface area contributed by atoms with Gasteiger partial charge in [-0.15, -0.1) is 0 Å². The van der Waals surface area contributed by atoms with E-state index in [9.17, 15) is 34.2 Å². The van der Waals surface area contributed by atoms with Crippen LogP contribution in [-0.2, 0) is 38.7 Å². The number of nitrogens with one attached hydrogen (secondary N) is 2. The average molecular weight is 594 g/mol. The molecule has 2 fully saturated rings. The number of aromatic nitrogens is 1. The summed E-state index contributed by atoms with van der Waals surface area (Å²) in [6.07, 6.45) is 0.220. The fourth-order valence-corrected chi connectivity index (χ4v) is 7.41. The van der Waals surface area contributed by atoms with Gasteiger partial charge in [0, 0.05) is 55.7 Å². The van der Waals surface area contributed by atoms with Crippen molar-refractivity contribution in [2.24, 2.45) is 29.4 Å². The lowest BCUT2D eigenvalue weighted by Gasteiger charge is -2.52. The van der Waals surface area contributed by atoms with Crippen molar-refractivity contribution in [2.45, 2.75) is 51.4 Å². The molecule has 12 heteroatoms. The molecule has 1 heterocycles. The van der Waals surface area contributed by atoms with E-state index in [1.807, 2.05) is 45.0 Å². The molecule has 6 N–H and O–H groups in total. The summed E-state index contributed by atoms with van der Waals surface area (Å²) in [7, 11) is 6.76. The molecule has 0 radical (unpaired) electrons. The molecule has 0 bridgehead atoms. The fraction of sp³-hybridized carbons (Fsp3) is 0.516. The number of Topliss-reactive ketones (excluding diaryl/α,β-unsaturated/α-hetero) is 4. The highest BCUT2D eigenvalue weighted by Gasteiger charge is 2.69. The van der Waals surface area contributed by atoms with Crippen LogP contribution in [-0.4, -0.2) is 89.0 Å². The van der Waals surface area contributed by atoms with Gasteiger partial charge in [0.15, 0.2) is 34.7 Å². The molecule has 3 aliphatic carbocycles. The van der Waals surface area contributed by atoms with Crippen molar-refractivity contribution in [3.8, 4) is 5.75 Å². The highest BCUT2D eigenvalue weighted by atomic mass is 16.3. The molecule has 1 amide bonds. The van der Waals surface area contributed by atoms with Gasteiger partial charge >= 0.3 is 0 Å². The number of ketones is 4. The second-order valence-electron chi connectivity index (χ2n) is 12.6. The number of likely N-dealkylation sites (N-methyl/N-ethyl adjacent to an activating group) is 1. The van der Waals surface area contributed by atoms with Crippen molar-refractivity contribution in [3.05, 3.63) is 45.8 Å². The molecule has 2 aromatic rings. The summed E-state index contributed by atoms with van der Waals surface area (Å²) in [6, 6.07) is 2.71. The van der Waals surface area contributed by atoms with Crippen LogP contribution in [0, 0.1) is 37.5 Å². The summed E-state index contributed by atoms with van der Waals surface area (Å²) in [4.78, 5) is 73.7. The van der Waals surface area contributed by atoms with Crippen molar-refractivity contribution in [1.82, 2.24) is 15.2 Å². The number of anilines is 1. The average Bonchev–Trinajstić information content (AvgIpc) is 3.23. The number of rotatable bonds is 7. The van der Waals surface area contributed by atoms with Gasteiger partial charge in [-0.1, -0.05) is 0 Å². The lowest BCUT2D eigenvalue weighted by molar-refractivity contribution is -0.181. The molecule has 2 saturated carbocycles. The van der Waals surface area contributed by atoms with Crippen LogP contribution < -0.4 is 16.0 Å². The number of amides is 1. The van der Waals surface area contributed by atoms with Crippen LogP contribution >= 0.6 is 0 Å². The number of aryl methyl sites for hydroxylation is 2. The maximum Gasteiger partial charge on any atom is 0.235 e. The highest BCUT2D eigenvalue weighted by molar-refractivity contribution is 6.32. The molecule has 2 unspecified atom stereocenters. The first-order valence-corrected chi connectivity index (χ1v) is 14.4. The number of phenols is 1. The molecule has 0 aliphatic heterocycles. The van der Waals surface area contributed by atoms with E-state index in [1.54, 1.807) is 14.1 Å². The summed E-state index contributed by atoms with van der Waals surface area (Å²) >= 11 is 0.